The molecule has 0 saturated heterocycles. The topological polar surface area (TPSA) is 78.9 Å². The lowest BCUT2D eigenvalue weighted by Crippen LogP contribution is -2.12. The fourth-order valence-electron chi connectivity index (χ4n) is 3.81. The quantitative estimate of drug-likeness (QED) is 0.394. The van der Waals surface area contributed by atoms with Crippen LogP contribution in [0.25, 0.3) is 22.2 Å². The predicted octanol–water partition coefficient (Wildman–Crippen LogP) is 5.50. The maximum absolute atomic E-state index is 13.0. The smallest absolute Gasteiger partial charge is 0.255 e. The number of hydrogen-bond acceptors (Lipinski definition) is 6. The van der Waals surface area contributed by atoms with Crippen molar-refractivity contribution < 1.29 is 23.7 Å². The van der Waals surface area contributed by atoms with E-state index in [9.17, 15) is 4.79 Å². The summed E-state index contributed by atoms with van der Waals surface area (Å²) in [6.07, 6.45) is 0. The molecule has 0 fully saturated rings. The largest absolute Gasteiger partial charge is 0.496 e. The molecule has 34 heavy (non-hydrogen) atoms. The number of anilines is 1. The van der Waals surface area contributed by atoms with Gasteiger partial charge >= 0.3 is 0 Å². The number of carbonyl (C=O) groups excluding carboxylic acids is 1. The Morgan fingerprint density at radius 2 is 1.50 bits per heavy atom. The van der Waals surface area contributed by atoms with Crippen molar-refractivity contribution in [2.45, 2.75) is 6.92 Å². The molecule has 1 amide bonds. The van der Waals surface area contributed by atoms with Gasteiger partial charge < -0.3 is 24.3 Å². The van der Waals surface area contributed by atoms with Crippen LogP contribution < -0.4 is 24.3 Å². The van der Waals surface area contributed by atoms with Gasteiger partial charge in [-0.05, 0) is 43.3 Å². The van der Waals surface area contributed by atoms with Gasteiger partial charge in [0, 0.05) is 28.3 Å². The third kappa shape index (κ3) is 4.45. The second kappa shape index (κ2) is 9.70. The van der Waals surface area contributed by atoms with E-state index in [0.29, 0.717) is 34.2 Å². The van der Waals surface area contributed by atoms with Gasteiger partial charge in [0.2, 0.25) is 5.75 Å². The maximum Gasteiger partial charge on any atom is 0.255 e. The van der Waals surface area contributed by atoms with E-state index in [2.05, 4.69) is 11.4 Å². The highest BCUT2D eigenvalue weighted by Gasteiger charge is 2.18. The van der Waals surface area contributed by atoms with Crippen molar-refractivity contribution in [3.63, 3.8) is 0 Å². The lowest BCUT2D eigenvalue weighted by molar-refractivity contribution is 0.102. The molecule has 0 aliphatic rings. The van der Waals surface area contributed by atoms with Crippen molar-refractivity contribution in [3.05, 3.63) is 71.8 Å². The fraction of sp³-hybridized carbons (Fsp3) is 0.185. The number of pyridine rings is 1. The third-order valence-corrected chi connectivity index (χ3v) is 5.49. The van der Waals surface area contributed by atoms with Crippen LogP contribution >= 0.6 is 0 Å². The molecule has 0 saturated carbocycles. The number of hydrogen-bond donors (Lipinski definition) is 1. The summed E-state index contributed by atoms with van der Waals surface area (Å²) >= 11 is 0. The van der Waals surface area contributed by atoms with Gasteiger partial charge in [0.25, 0.3) is 5.91 Å². The fourth-order valence-corrected chi connectivity index (χ4v) is 3.81. The van der Waals surface area contributed by atoms with Crippen molar-refractivity contribution in [1.82, 2.24) is 4.98 Å². The number of amides is 1. The van der Waals surface area contributed by atoms with Crippen LogP contribution in [0.5, 0.6) is 23.0 Å². The zero-order chi connectivity index (χ0) is 24.2. The van der Waals surface area contributed by atoms with Crippen molar-refractivity contribution in [1.29, 1.82) is 0 Å². The molecule has 1 heterocycles. The van der Waals surface area contributed by atoms with Crippen LogP contribution in [0.1, 0.15) is 15.9 Å². The number of aryl methyl sites for hydroxylation is 1. The molecule has 1 N–H and O–H groups in total. The van der Waals surface area contributed by atoms with E-state index in [-0.39, 0.29) is 5.91 Å². The molecule has 0 radical (unpaired) electrons. The van der Waals surface area contributed by atoms with Gasteiger partial charge in [-0.3, -0.25) is 4.79 Å². The molecule has 0 aliphatic heterocycles. The lowest BCUT2D eigenvalue weighted by Gasteiger charge is -2.14. The zero-order valence-electron chi connectivity index (χ0n) is 19.8. The number of benzene rings is 3. The molecule has 0 spiro atoms. The van der Waals surface area contributed by atoms with E-state index in [1.54, 1.807) is 19.2 Å². The van der Waals surface area contributed by atoms with Gasteiger partial charge in [-0.25, -0.2) is 4.98 Å². The molecular weight excluding hydrogens is 432 g/mol. The number of aromatic nitrogens is 1. The summed E-state index contributed by atoms with van der Waals surface area (Å²) in [7, 11) is 6.15. The minimum absolute atomic E-state index is 0.318. The minimum atomic E-state index is -0.318. The molecule has 1 aromatic heterocycles. The van der Waals surface area contributed by atoms with Crippen LogP contribution in [0.4, 0.5) is 5.69 Å². The number of rotatable bonds is 7. The Balaban J connectivity index is 1.68. The molecule has 174 valence electrons. The second-order valence-electron chi connectivity index (χ2n) is 7.68. The standard InChI is InChI=1S/C27H26N2O5/c1-16-7-6-8-17(11-16)22-15-23(31-2)20-14-19(9-10-21(20)29-22)28-27(30)18-12-24(32-3)26(34-5)25(13-18)33-4/h6-15H,1-5H3,(H,28,30). The third-order valence-electron chi connectivity index (χ3n) is 5.49. The Kier molecular flexibility index (Phi) is 6.54. The highest BCUT2D eigenvalue weighted by Crippen LogP contribution is 2.38. The van der Waals surface area contributed by atoms with Gasteiger partial charge in [0.05, 0.1) is 39.6 Å². The molecule has 7 heteroatoms. The van der Waals surface area contributed by atoms with Crippen LogP contribution in [-0.2, 0) is 0 Å². The number of fused-ring (bicyclic) bond motifs is 1. The van der Waals surface area contributed by atoms with Gasteiger partial charge in [-0.15, -0.1) is 0 Å². The van der Waals surface area contributed by atoms with Crippen molar-refractivity contribution in [2.24, 2.45) is 0 Å². The average Bonchev–Trinajstić information content (AvgIpc) is 2.86. The van der Waals surface area contributed by atoms with Gasteiger partial charge in [0.15, 0.2) is 11.5 Å². The lowest BCUT2D eigenvalue weighted by atomic mass is 10.1. The highest BCUT2D eigenvalue weighted by molar-refractivity contribution is 6.06. The summed E-state index contributed by atoms with van der Waals surface area (Å²) in [6, 6.07) is 18.8. The Morgan fingerprint density at radius 3 is 2.12 bits per heavy atom. The Bertz CT molecular complexity index is 1340. The summed E-state index contributed by atoms with van der Waals surface area (Å²) in [5.41, 5.74) is 4.73. The van der Waals surface area contributed by atoms with Crippen LogP contribution in [0.3, 0.4) is 0 Å². The molecule has 3 aromatic carbocycles. The highest BCUT2D eigenvalue weighted by atomic mass is 16.5. The van der Waals surface area contributed by atoms with Crippen LogP contribution in [0.15, 0.2) is 60.7 Å². The number of nitrogens with one attached hydrogen (secondary N) is 1. The van der Waals surface area contributed by atoms with E-state index in [1.807, 2.05) is 49.4 Å². The minimum Gasteiger partial charge on any atom is -0.496 e. The molecule has 0 atom stereocenters. The van der Waals surface area contributed by atoms with E-state index in [1.165, 1.54) is 21.3 Å². The summed E-state index contributed by atoms with van der Waals surface area (Å²) in [4.78, 5) is 17.8. The molecule has 4 aromatic rings. The van der Waals surface area contributed by atoms with Crippen LogP contribution in [0.2, 0.25) is 0 Å². The molecule has 7 nitrogen and oxygen atoms in total. The van der Waals surface area contributed by atoms with E-state index in [4.69, 9.17) is 23.9 Å². The first-order chi connectivity index (χ1) is 16.5. The molecular formula is C27H26N2O5. The van der Waals surface area contributed by atoms with Gasteiger partial charge in [0.1, 0.15) is 5.75 Å². The normalized spacial score (nSPS) is 10.6. The second-order valence-corrected chi connectivity index (χ2v) is 7.68. The summed E-state index contributed by atoms with van der Waals surface area (Å²) in [5, 5.41) is 3.71. The average molecular weight is 459 g/mol. The first-order valence-electron chi connectivity index (χ1n) is 10.6. The molecule has 0 unspecified atom stereocenters. The Morgan fingerprint density at radius 1 is 0.794 bits per heavy atom. The number of ether oxygens (including phenoxy) is 4. The van der Waals surface area contributed by atoms with Gasteiger partial charge in [-0.1, -0.05) is 23.8 Å². The SMILES string of the molecule is COc1cc(C(=O)Nc2ccc3nc(-c4cccc(C)c4)cc(OC)c3c2)cc(OC)c1OC. The first-order valence-corrected chi connectivity index (χ1v) is 10.6. The summed E-state index contributed by atoms with van der Waals surface area (Å²) < 4.78 is 21.7. The van der Waals surface area contributed by atoms with Crippen molar-refractivity contribution in [2.75, 3.05) is 33.8 Å². The molecule has 0 aliphatic carbocycles. The predicted molar refractivity (Wildman–Crippen MR) is 133 cm³/mol. The number of carbonyl (C=O) groups is 1. The van der Waals surface area contributed by atoms with Crippen LogP contribution in [0, 0.1) is 6.92 Å². The van der Waals surface area contributed by atoms with Crippen molar-refractivity contribution >= 4 is 22.5 Å². The summed E-state index contributed by atoms with van der Waals surface area (Å²) in [6.45, 7) is 2.05. The molecule has 4 rings (SSSR count). The van der Waals surface area contributed by atoms with E-state index in [0.717, 1.165) is 27.7 Å². The zero-order valence-corrected chi connectivity index (χ0v) is 19.8. The van der Waals surface area contributed by atoms with Crippen LogP contribution in [-0.4, -0.2) is 39.3 Å². The Hall–Kier alpha value is -4.26. The number of nitrogens with zero attached hydrogens (tertiary/aromatic N) is 1. The Labute approximate surface area is 198 Å². The monoisotopic (exact) mass is 458 g/mol. The molecule has 0 bridgehead atoms. The van der Waals surface area contributed by atoms with E-state index >= 15 is 0 Å². The van der Waals surface area contributed by atoms with E-state index < -0.39 is 0 Å². The first kappa shape index (κ1) is 22.9. The maximum atomic E-state index is 13.0. The summed E-state index contributed by atoms with van der Waals surface area (Å²) in [5.74, 6) is 1.58. The number of methoxy groups -OCH3 is 4. The van der Waals surface area contributed by atoms with Gasteiger partial charge in [-0.2, -0.15) is 0 Å². The van der Waals surface area contributed by atoms with Crippen molar-refractivity contribution in [3.8, 4) is 34.3 Å².